The number of nitrogens with zero attached hydrogens (tertiary/aromatic N) is 2. The minimum atomic E-state index is -2.35. The van der Waals surface area contributed by atoms with E-state index >= 15 is 0 Å². The number of benzene rings is 1. The summed E-state index contributed by atoms with van der Waals surface area (Å²) in [6.45, 7) is 0.0863. The van der Waals surface area contributed by atoms with Gasteiger partial charge in [0.15, 0.2) is 0 Å². The summed E-state index contributed by atoms with van der Waals surface area (Å²) >= 11 is 0. The molecule has 0 heterocycles. The Labute approximate surface area is 143 Å². The molecule has 0 spiro atoms. The van der Waals surface area contributed by atoms with E-state index in [9.17, 15) is 25.1 Å². The molecule has 0 saturated carbocycles. The topological polar surface area (TPSA) is 180 Å². The van der Waals surface area contributed by atoms with E-state index in [2.05, 4.69) is 0 Å². The minimum Gasteiger partial charge on any atom is -0.394 e. The zero-order valence-corrected chi connectivity index (χ0v) is 13.9. The average Bonchev–Trinajstić information content (AvgIpc) is 2.55. The van der Waals surface area contributed by atoms with Crippen molar-refractivity contribution >= 4 is 19.9 Å². The highest BCUT2D eigenvalue weighted by atomic mass is 31.2. The van der Waals surface area contributed by atoms with Crippen LogP contribution in [0, 0.1) is 20.2 Å². The maximum atomic E-state index is 11.2. The quantitative estimate of drug-likeness (QED) is 0.203. The Morgan fingerprint density at radius 3 is 2.40 bits per heavy atom. The zero-order valence-electron chi connectivity index (χ0n) is 13.0. The van der Waals surface area contributed by atoms with Crippen LogP contribution in [0.15, 0.2) is 18.2 Å². The van der Waals surface area contributed by atoms with Gasteiger partial charge in [-0.15, -0.1) is 0 Å². The molecule has 2 unspecified atom stereocenters. The van der Waals surface area contributed by atoms with Gasteiger partial charge in [0.05, 0.1) is 54.5 Å². The Hall–Kier alpha value is -1.79. The molecule has 0 aliphatic rings. The van der Waals surface area contributed by atoms with Crippen LogP contribution < -0.4 is 5.50 Å². The second kappa shape index (κ2) is 10.9. The molecule has 0 radical (unpaired) electrons. The van der Waals surface area contributed by atoms with Crippen LogP contribution in [0.1, 0.15) is 11.7 Å². The van der Waals surface area contributed by atoms with Crippen molar-refractivity contribution in [1.29, 1.82) is 0 Å². The maximum absolute atomic E-state index is 11.2. The predicted molar refractivity (Wildman–Crippen MR) is 85.6 cm³/mol. The molecular formula is C12H18N3O9P. The van der Waals surface area contributed by atoms with E-state index in [1.807, 2.05) is 0 Å². The molecule has 4 N–H and O–H groups in total. The summed E-state index contributed by atoms with van der Waals surface area (Å²) in [6, 6.07) is 3.04. The molecule has 0 aromatic heterocycles. The number of rotatable bonds is 12. The van der Waals surface area contributed by atoms with E-state index in [4.69, 9.17) is 24.6 Å². The van der Waals surface area contributed by atoms with Gasteiger partial charge in [-0.25, -0.2) is 0 Å². The van der Waals surface area contributed by atoms with Gasteiger partial charge >= 0.3 is 0 Å². The number of nitrogens with two attached hydrogens (primary N) is 1. The third-order valence-corrected chi connectivity index (χ3v) is 3.35. The molecule has 0 saturated heterocycles. The largest absolute Gasteiger partial charge is 0.394 e. The molecule has 0 aliphatic heterocycles. The standard InChI is InChI=1S/C12H18N3O9P/c13-25(21)24-12(8-23-6-5-22-4-3-16)10-2-1-9(14(17)18)7-11(10)15(19)20/h1-2,7,12,16,21H,3-6,8,13H2. The number of hydrogen-bond acceptors (Lipinski definition) is 10. The first-order chi connectivity index (χ1) is 11.9. The van der Waals surface area contributed by atoms with Gasteiger partial charge in [-0.1, -0.05) is 0 Å². The lowest BCUT2D eigenvalue weighted by atomic mass is 10.1. The summed E-state index contributed by atoms with van der Waals surface area (Å²) in [5.41, 5.74) is 4.20. The number of aliphatic hydroxyl groups is 1. The predicted octanol–water partition coefficient (Wildman–Crippen LogP) is 0.764. The van der Waals surface area contributed by atoms with Crippen molar-refractivity contribution in [2.75, 3.05) is 33.0 Å². The average molecular weight is 379 g/mol. The molecule has 1 aromatic rings. The molecule has 0 amide bonds. The van der Waals surface area contributed by atoms with E-state index in [1.165, 1.54) is 0 Å². The molecule has 2 atom stereocenters. The number of ether oxygens (including phenoxy) is 2. The fourth-order valence-electron chi connectivity index (χ4n) is 1.86. The van der Waals surface area contributed by atoms with Crippen LogP contribution in [0.25, 0.3) is 0 Å². The molecule has 13 heteroatoms. The highest BCUT2D eigenvalue weighted by Crippen LogP contribution is 2.37. The smallest absolute Gasteiger partial charge is 0.282 e. The van der Waals surface area contributed by atoms with Gasteiger partial charge in [0.1, 0.15) is 6.10 Å². The molecular weight excluding hydrogens is 361 g/mol. The van der Waals surface area contributed by atoms with Crippen molar-refractivity contribution in [3.05, 3.63) is 44.0 Å². The highest BCUT2D eigenvalue weighted by molar-refractivity contribution is 7.43. The third kappa shape index (κ3) is 7.32. The minimum absolute atomic E-state index is 0.0149. The number of hydrogen-bond donors (Lipinski definition) is 3. The van der Waals surface area contributed by atoms with Crippen LogP contribution in [0.5, 0.6) is 0 Å². The Morgan fingerprint density at radius 2 is 1.84 bits per heavy atom. The van der Waals surface area contributed by atoms with Crippen molar-refractivity contribution in [3.63, 3.8) is 0 Å². The number of nitro groups is 2. The molecule has 1 aromatic carbocycles. The molecule has 1 rings (SSSR count). The maximum Gasteiger partial charge on any atom is 0.282 e. The Balaban J connectivity index is 2.90. The van der Waals surface area contributed by atoms with Crippen LogP contribution in [-0.4, -0.2) is 52.9 Å². The van der Waals surface area contributed by atoms with Crippen molar-refractivity contribution in [1.82, 2.24) is 0 Å². The van der Waals surface area contributed by atoms with Crippen LogP contribution >= 0.6 is 8.53 Å². The first kappa shape index (κ1) is 21.3. The number of aliphatic hydroxyl groups excluding tert-OH is 1. The van der Waals surface area contributed by atoms with Gasteiger partial charge in [0, 0.05) is 6.07 Å². The van der Waals surface area contributed by atoms with Crippen molar-refractivity contribution in [2.24, 2.45) is 5.50 Å². The lowest BCUT2D eigenvalue weighted by Crippen LogP contribution is -2.16. The summed E-state index contributed by atoms with van der Waals surface area (Å²) in [5, 5.41) is 30.5. The Bertz CT molecular complexity index is 587. The highest BCUT2D eigenvalue weighted by Gasteiger charge is 2.27. The first-order valence-electron chi connectivity index (χ1n) is 6.96. The molecule has 0 aliphatic carbocycles. The summed E-state index contributed by atoms with van der Waals surface area (Å²) in [6.07, 6.45) is -1.10. The monoisotopic (exact) mass is 379 g/mol. The fourth-order valence-corrected chi connectivity index (χ4v) is 2.29. The van der Waals surface area contributed by atoms with E-state index in [-0.39, 0.29) is 38.6 Å². The third-order valence-electron chi connectivity index (χ3n) is 2.88. The number of nitro benzene ring substituents is 2. The van der Waals surface area contributed by atoms with Crippen molar-refractivity contribution in [2.45, 2.75) is 6.10 Å². The second-order valence-corrected chi connectivity index (χ2v) is 5.38. The fraction of sp³-hybridized carbons (Fsp3) is 0.500. The van der Waals surface area contributed by atoms with Crippen LogP contribution in [0.3, 0.4) is 0 Å². The SMILES string of the molecule is NP(O)OC(COCCOCCO)c1ccc([N+](=O)[O-])cc1[N+](=O)[O-]. The molecule has 0 fully saturated rings. The van der Waals surface area contributed by atoms with Crippen molar-refractivity contribution < 1.29 is 33.8 Å². The molecule has 12 nitrogen and oxygen atoms in total. The summed E-state index contributed by atoms with van der Waals surface area (Å²) < 4.78 is 15.3. The zero-order chi connectivity index (χ0) is 18.8. The summed E-state index contributed by atoms with van der Waals surface area (Å²) in [7, 11) is -2.35. The lowest BCUT2D eigenvalue weighted by Gasteiger charge is -2.19. The summed E-state index contributed by atoms with van der Waals surface area (Å²) in [5.74, 6) is 0. The molecule has 140 valence electrons. The van der Waals surface area contributed by atoms with Gasteiger partial charge in [-0.3, -0.25) is 25.7 Å². The lowest BCUT2D eigenvalue weighted by molar-refractivity contribution is -0.394. The Kier molecular flexibility index (Phi) is 9.31. The second-order valence-electron chi connectivity index (χ2n) is 4.56. The normalized spacial score (nSPS) is 13.4. The summed E-state index contributed by atoms with van der Waals surface area (Å²) in [4.78, 5) is 29.7. The van der Waals surface area contributed by atoms with Gasteiger partial charge in [0.2, 0.25) is 0 Å². The van der Waals surface area contributed by atoms with Gasteiger partial charge in [0.25, 0.3) is 19.9 Å². The van der Waals surface area contributed by atoms with Crippen LogP contribution in [-0.2, 0) is 14.0 Å². The molecule has 25 heavy (non-hydrogen) atoms. The first-order valence-corrected chi connectivity index (χ1v) is 8.24. The van der Waals surface area contributed by atoms with Crippen molar-refractivity contribution in [3.8, 4) is 0 Å². The van der Waals surface area contributed by atoms with Crippen LogP contribution in [0.2, 0.25) is 0 Å². The number of non-ortho nitro benzene ring substituents is 1. The van der Waals surface area contributed by atoms with Gasteiger partial charge in [-0.2, -0.15) is 0 Å². The van der Waals surface area contributed by atoms with E-state index in [0.717, 1.165) is 18.2 Å². The van der Waals surface area contributed by atoms with E-state index in [0.29, 0.717) is 0 Å². The molecule has 0 bridgehead atoms. The van der Waals surface area contributed by atoms with E-state index in [1.54, 1.807) is 0 Å². The van der Waals surface area contributed by atoms with Gasteiger partial charge < -0.3 is 24.0 Å². The Morgan fingerprint density at radius 1 is 1.16 bits per heavy atom. The van der Waals surface area contributed by atoms with Gasteiger partial charge in [-0.05, 0) is 6.07 Å². The van der Waals surface area contributed by atoms with Crippen LogP contribution in [0.4, 0.5) is 11.4 Å². The van der Waals surface area contributed by atoms with E-state index < -0.39 is 35.9 Å².